The highest BCUT2D eigenvalue weighted by atomic mass is 16.5. The lowest BCUT2D eigenvalue weighted by atomic mass is 9.93. The van der Waals surface area contributed by atoms with Gasteiger partial charge in [-0.3, -0.25) is 4.79 Å². The summed E-state index contributed by atoms with van der Waals surface area (Å²) in [4.78, 5) is 14.6. The molecule has 1 aliphatic rings. The summed E-state index contributed by atoms with van der Waals surface area (Å²) in [5.74, 6) is 1.84. The first-order valence-electron chi connectivity index (χ1n) is 8.43. The lowest BCUT2D eigenvalue weighted by molar-refractivity contribution is -0.136. The van der Waals surface area contributed by atoms with Gasteiger partial charge < -0.3 is 14.4 Å². The minimum atomic E-state index is 0.129. The molecule has 0 spiro atoms. The molecule has 0 bridgehead atoms. The van der Waals surface area contributed by atoms with Crippen molar-refractivity contribution in [3.8, 4) is 11.5 Å². The molecule has 1 amide bonds. The molecule has 0 saturated heterocycles. The van der Waals surface area contributed by atoms with Crippen LogP contribution < -0.4 is 9.47 Å². The van der Waals surface area contributed by atoms with Crippen molar-refractivity contribution in [2.45, 2.75) is 39.7 Å². The van der Waals surface area contributed by atoms with Gasteiger partial charge >= 0.3 is 0 Å². The van der Waals surface area contributed by atoms with Crippen LogP contribution in [-0.4, -0.2) is 31.1 Å². The average molecular weight is 317 g/mol. The Morgan fingerprint density at radius 2 is 2.09 bits per heavy atom. The van der Waals surface area contributed by atoms with E-state index in [4.69, 9.17) is 9.47 Å². The Kier molecular flexibility index (Phi) is 6.51. The number of nitrogens with zero attached hydrogens (tertiary/aromatic N) is 1. The van der Waals surface area contributed by atoms with Crippen molar-refractivity contribution in [2.75, 3.05) is 20.3 Å². The van der Waals surface area contributed by atoms with Crippen molar-refractivity contribution in [3.05, 3.63) is 35.9 Å². The molecule has 0 fully saturated rings. The second kappa shape index (κ2) is 8.61. The van der Waals surface area contributed by atoms with Gasteiger partial charge in [-0.05, 0) is 50.8 Å². The van der Waals surface area contributed by atoms with Crippen molar-refractivity contribution in [1.82, 2.24) is 4.90 Å². The highest BCUT2D eigenvalue weighted by molar-refractivity contribution is 5.79. The van der Waals surface area contributed by atoms with E-state index in [0.717, 1.165) is 30.6 Å². The number of hydrogen-bond acceptors (Lipinski definition) is 3. The molecule has 1 aliphatic carbocycles. The van der Waals surface area contributed by atoms with Crippen LogP contribution >= 0.6 is 0 Å². The predicted octanol–water partition coefficient (Wildman–Crippen LogP) is 3.80. The van der Waals surface area contributed by atoms with E-state index in [1.54, 1.807) is 7.11 Å². The SMILES string of the molecule is CCOc1ccc(CN(CC)C(=O)C2CC=CCC2)cc1OC. The van der Waals surface area contributed by atoms with Crippen molar-refractivity contribution in [2.24, 2.45) is 5.92 Å². The molecule has 0 aromatic heterocycles. The van der Waals surface area contributed by atoms with E-state index in [2.05, 4.69) is 12.2 Å². The van der Waals surface area contributed by atoms with Crippen molar-refractivity contribution < 1.29 is 14.3 Å². The third kappa shape index (κ3) is 4.50. The molecule has 1 aromatic rings. The summed E-state index contributed by atoms with van der Waals surface area (Å²) in [5, 5.41) is 0. The van der Waals surface area contributed by atoms with E-state index in [9.17, 15) is 4.79 Å². The number of carbonyl (C=O) groups is 1. The number of methoxy groups -OCH3 is 1. The summed E-state index contributed by atoms with van der Waals surface area (Å²) in [5.41, 5.74) is 1.06. The van der Waals surface area contributed by atoms with E-state index >= 15 is 0 Å². The summed E-state index contributed by atoms with van der Waals surface area (Å²) in [6, 6.07) is 5.88. The monoisotopic (exact) mass is 317 g/mol. The van der Waals surface area contributed by atoms with Crippen LogP contribution in [0.2, 0.25) is 0 Å². The van der Waals surface area contributed by atoms with Crippen molar-refractivity contribution in [3.63, 3.8) is 0 Å². The summed E-state index contributed by atoms with van der Waals surface area (Å²) in [7, 11) is 1.64. The molecule has 126 valence electrons. The molecule has 0 saturated carbocycles. The number of ether oxygens (including phenoxy) is 2. The second-order valence-corrected chi connectivity index (χ2v) is 5.75. The molecule has 1 aromatic carbocycles. The van der Waals surface area contributed by atoms with Crippen LogP contribution in [0.25, 0.3) is 0 Å². The Bertz CT molecular complexity index is 554. The maximum absolute atomic E-state index is 12.7. The van der Waals surface area contributed by atoms with Crippen LogP contribution in [0, 0.1) is 5.92 Å². The topological polar surface area (TPSA) is 38.8 Å². The van der Waals surface area contributed by atoms with E-state index in [1.165, 1.54) is 0 Å². The zero-order valence-corrected chi connectivity index (χ0v) is 14.4. The molecule has 23 heavy (non-hydrogen) atoms. The summed E-state index contributed by atoms with van der Waals surface area (Å²) in [6.45, 7) is 5.91. The molecule has 4 heteroatoms. The van der Waals surface area contributed by atoms with Gasteiger partial charge in [0.15, 0.2) is 11.5 Å². The fourth-order valence-corrected chi connectivity index (χ4v) is 2.93. The molecule has 4 nitrogen and oxygen atoms in total. The molecule has 1 atom stereocenters. The standard InChI is InChI=1S/C19H27NO3/c1-4-20(19(21)16-9-7-6-8-10-16)14-15-11-12-17(23-5-2)18(13-15)22-3/h6-7,11-13,16H,4-5,8-10,14H2,1-3H3. The Labute approximate surface area is 139 Å². The quantitative estimate of drug-likeness (QED) is 0.718. The van der Waals surface area contributed by atoms with E-state index < -0.39 is 0 Å². The first kappa shape index (κ1) is 17.4. The van der Waals surface area contributed by atoms with Crippen LogP contribution in [0.4, 0.5) is 0 Å². The largest absolute Gasteiger partial charge is 0.493 e. The second-order valence-electron chi connectivity index (χ2n) is 5.75. The fraction of sp³-hybridized carbons (Fsp3) is 0.526. The van der Waals surface area contributed by atoms with Crippen LogP contribution in [0.5, 0.6) is 11.5 Å². The lowest BCUT2D eigenvalue weighted by Crippen LogP contribution is -2.36. The highest BCUT2D eigenvalue weighted by Crippen LogP contribution is 2.29. The van der Waals surface area contributed by atoms with Gasteiger partial charge in [0.25, 0.3) is 0 Å². The molecule has 0 aliphatic heterocycles. The van der Waals surface area contributed by atoms with Crippen LogP contribution in [-0.2, 0) is 11.3 Å². The number of rotatable bonds is 7. The predicted molar refractivity (Wildman–Crippen MR) is 91.7 cm³/mol. The van der Waals surface area contributed by atoms with E-state index in [0.29, 0.717) is 25.4 Å². The molecule has 0 radical (unpaired) electrons. The minimum absolute atomic E-state index is 0.129. The zero-order valence-electron chi connectivity index (χ0n) is 14.4. The maximum Gasteiger partial charge on any atom is 0.226 e. The van der Waals surface area contributed by atoms with Gasteiger partial charge in [0.2, 0.25) is 5.91 Å². The first-order valence-corrected chi connectivity index (χ1v) is 8.43. The minimum Gasteiger partial charge on any atom is -0.493 e. The third-order valence-electron chi connectivity index (χ3n) is 4.21. The summed E-state index contributed by atoms with van der Waals surface area (Å²) < 4.78 is 10.9. The Morgan fingerprint density at radius 3 is 2.70 bits per heavy atom. The van der Waals surface area contributed by atoms with Gasteiger partial charge in [-0.25, -0.2) is 0 Å². The number of amides is 1. The molecule has 1 unspecified atom stereocenters. The molecule has 0 heterocycles. The Balaban J connectivity index is 2.08. The number of allylic oxidation sites excluding steroid dienone is 2. The number of benzene rings is 1. The average Bonchev–Trinajstić information content (AvgIpc) is 2.61. The van der Waals surface area contributed by atoms with Gasteiger partial charge in [-0.1, -0.05) is 18.2 Å². The third-order valence-corrected chi connectivity index (χ3v) is 4.21. The molecule has 0 N–H and O–H groups in total. The fourth-order valence-electron chi connectivity index (χ4n) is 2.93. The van der Waals surface area contributed by atoms with Gasteiger partial charge in [0, 0.05) is 19.0 Å². The van der Waals surface area contributed by atoms with Gasteiger partial charge in [-0.15, -0.1) is 0 Å². The maximum atomic E-state index is 12.7. The van der Waals surface area contributed by atoms with Crippen LogP contribution in [0.3, 0.4) is 0 Å². The molecular weight excluding hydrogens is 290 g/mol. The first-order chi connectivity index (χ1) is 11.2. The number of carbonyl (C=O) groups excluding carboxylic acids is 1. The normalized spacial score (nSPS) is 16.9. The number of hydrogen-bond donors (Lipinski definition) is 0. The smallest absolute Gasteiger partial charge is 0.226 e. The van der Waals surface area contributed by atoms with Gasteiger partial charge in [0.1, 0.15) is 0 Å². The van der Waals surface area contributed by atoms with E-state index in [-0.39, 0.29) is 11.8 Å². The molecule has 2 rings (SSSR count). The van der Waals surface area contributed by atoms with E-state index in [1.807, 2.05) is 36.9 Å². The van der Waals surface area contributed by atoms with Crippen LogP contribution in [0.1, 0.15) is 38.7 Å². The highest BCUT2D eigenvalue weighted by Gasteiger charge is 2.23. The molecular formula is C19H27NO3. The summed E-state index contributed by atoms with van der Waals surface area (Å²) >= 11 is 0. The van der Waals surface area contributed by atoms with Gasteiger partial charge in [0.05, 0.1) is 13.7 Å². The van der Waals surface area contributed by atoms with Crippen molar-refractivity contribution in [1.29, 1.82) is 0 Å². The summed E-state index contributed by atoms with van der Waals surface area (Å²) in [6.07, 6.45) is 7.11. The zero-order chi connectivity index (χ0) is 16.7. The Hall–Kier alpha value is -1.97. The van der Waals surface area contributed by atoms with Crippen molar-refractivity contribution >= 4 is 5.91 Å². The lowest BCUT2D eigenvalue weighted by Gasteiger charge is -2.27. The van der Waals surface area contributed by atoms with Gasteiger partial charge in [-0.2, -0.15) is 0 Å². The van der Waals surface area contributed by atoms with Crippen LogP contribution in [0.15, 0.2) is 30.4 Å². The Morgan fingerprint density at radius 1 is 1.26 bits per heavy atom.